The molecule has 5 nitrogen and oxygen atoms in total. The normalized spacial score (nSPS) is 23.7. The number of thiophene rings is 1. The number of aryl methyl sites for hydroxylation is 1. The maximum Gasteiger partial charge on any atom is 0.306 e. The lowest BCUT2D eigenvalue weighted by Gasteiger charge is -2.56. The van der Waals surface area contributed by atoms with Crippen molar-refractivity contribution in [3.63, 3.8) is 0 Å². The number of hydrogen-bond acceptors (Lipinski definition) is 6. The Hall–Kier alpha value is -1.95. The molecule has 25 heavy (non-hydrogen) atoms. The number of carbonyl (C=O) groups excluding carboxylic acids is 1. The minimum absolute atomic E-state index is 0.213. The van der Waals surface area contributed by atoms with Gasteiger partial charge in [0.05, 0.1) is 6.42 Å². The molecule has 3 aliphatic rings. The second-order valence-corrected chi connectivity index (χ2v) is 8.28. The van der Waals surface area contributed by atoms with E-state index >= 15 is 0 Å². The third kappa shape index (κ3) is 3.15. The monoisotopic (exact) mass is 358 g/mol. The van der Waals surface area contributed by atoms with E-state index in [1.807, 2.05) is 16.8 Å². The van der Waals surface area contributed by atoms with Crippen LogP contribution < -0.4 is 0 Å². The summed E-state index contributed by atoms with van der Waals surface area (Å²) in [5.74, 6) is 2.13. The molecule has 5 rings (SSSR count). The van der Waals surface area contributed by atoms with E-state index in [0.717, 1.165) is 17.9 Å². The van der Waals surface area contributed by atoms with Gasteiger partial charge in [-0.1, -0.05) is 19.9 Å². The molecule has 0 amide bonds. The Morgan fingerprint density at radius 3 is 3.04 bits per heavy atom. The number of allylic oxidation sites excluding steroid dienone is 1. The summed E-state index contributed by atoms with van der Waals surface area (Å²) < 4.78 is 11.1. The summed E-state index contributed by atoms with van der Waals surface area (Å²) in [5.41, 5.74) is 2.56. The van der Waals surface area contributed by atoms with E-state index < -0.39 is 0 Å². The van der Waals surface area contributed by atoms with Crippen molar-refractivity contribution in [1.29, 1.82) is 0 Å². The fraction of sp³-hybridized carbons (Fsp3) is 0.526. The minimum Gasteiger partial charge on any atom is -0.461 e. The molecule has 0 aromatic carbocycles. The van der Waals surface area contributed by atoms with Crippen LogP contribution in [0.4, 0.5) is 0 Å². The van der Waals surface area contributed by atoms with Crippen LogP contribution >= 0.6 is 11.3 Å². The van der Waals surface area contributed by atoms with Gasteiger partial charge in [0.2, 0.25) is 11.8 Å². The van der Waals surface area contributed by atoms with Gasteiger partial charge in [0.15, 0.2) is 0 Å². The van der Waals surface area contributed by atoms with Crippen LogP contribution in [0.3, 0.4) is 0 Å². The molecule has 0 spiro atoms. The van der Waals surface area contributed by atoms with Crippen LogP contribution in [-0.2, 0) is 16.0 Å². The van der Waals surface area contributed by atoms with E-state index in [-0.39, 0.29) is 12.4 Å². The van der Waals surface area contributed by atoms with Crippen molar-refractivity contribution in [3.05, 3.63) is 34.4 Å². The highest BCUT2D eigenvalue weighted by molar-refractivity contribution is 7.08. The van der Waals surface area contributed by atoms with Crippen molar-refractivity contribution in [2.24, 2.45) is 17.3 Å². The van der Waals surface area contributed by atoms with E-state index in [1.54, 1.807) is 11.3 Å². The van der Waals surface area contributed by atoms with Gasteiger partial charge in [0.1, 0.15) is 6.61 Å². The van der Waals surface area contributed by atoms with Crippen molar-refractivity contribution in [2.45, 2.75) is 39.5 Å². The van der Waals surface area contributed by atoms with Crippen molar-refractivity contribution in [1.82, 2.24) is 10.2 Å². The van der Waals surface area contributed by atoms with Gasteiger partial charge in [-0.05, 0) is 47.1 Å². The molecule has 132 valence electrons. The van der Waals surface area contributed by atoms with Gasteiger partial charge in [0, 0.05) is 17.4 Å². The molecule has 2 aromatic heterocycles. The number of carbonyl (C=O) groups is 1. The molecule has 0 N–H and O–H groups in total. The number of hydrogen-bond donors (Lipinski definition) is 0. The standard InChI is InChI=1S/C19H22N2O3S/c1-19(2)14-4-3-12(15(19)9-14)10-23-17(22)6-5-16-20-21-18(24-16)13-7-8-25-11-13/h3,7-8,11,14-15H,4-6,9-10H2,1-2H3/t14-,15-/m0/s1. The lowest BCUT2D eigenvalue weighted by atomic mass is 9.49. The number of nitrogens with zero attached hydrogens (tertiary/aromatic N) is 2. The van der Waals surface area contributed by atoms with Crippen LogP contribution in [0.2, 0.25) is 0 Å². The third-order valence-corrected chi connectivity index (χ3v) is 6.44. The Bertz CT molecular complexity index is 791. The molecule has 0 radical (unpaired) electrons. The average molecular weight is 358 g/mol. The predicted octanol–water partition coefficient (Wildman–Crippen LogP) is 4.27. The largest absolute Gasteiger partial charge is 0.461 e. The summed E-state index contributed by atoms with van der Waals surface area (Å²) in [4.78, 5) is 12.0. The summed E-state index contributed by atoms with van der Waals surface area (Å²) in [5, 5.41) is 11.9. The maximum absolute atomic E-state index is 12.0. The highest BCUT2D eigenvalue weighted by atomic mass is 32.1. The quantitative estimate of drug-likeness (QED) is 0.570. The average Bonchev–Trinajstić information content (AvgIpc) is 3.29. The highest BCUT2D eigenvalue weighted by Crippen LogP contribution is 2.59. The van der Waals surface area contributed by atoms with Gasteiger partial charge >= 0.3 is 5.97 Å². The van der Waals surface area contributed by atoms with Gasteiger partial charge in [-0.25, -0.2) is 0 Å². The van der Waals surface area contributed by atoms with Crippen molar-refractivity contribution < 1.29 is 13.9 Å². The van der Waals surface area contributed by atoms with E-state index in [2.05, 4.69) is 30.1 Å². The zero-order valence-corrected chi connectivity index (χ0v) is 15.3. The molecule has 2 bridgehead atoms. The van der Waals surface area contributed by atoms with Crippen LogP contribution in [0.1, 0.15) is 39.0 Å². The molecule has 6 heteroatoms. The molecule has 1 fully saturated rings. The van der Waals surface area contributed by atoms with Crippen LogP contribution in [-0.4, -0.2) is 22.8 Å². The van der Waals surface area contributed by atoms with Gasteiger partial charge in [-0.15, -0.1) is 10.2 Å². The molecule has 2 aromatic rings. The number of fused-ring (bicyclic) bond motifs is 1. The Kier molecular flexibility index (Phi) is 4.23. The second kappa shape index (κ2) is 6.41. The zero-order valence-electron chi connectivity index (χ0n) is 14.5. The van der Waals surface area contributed by atoms with Gasteiger partial charge in [0.25, 0.3) is 0 Å². The molecular weight excluding hydrogens is 336 g/mol. The van der Waals surface area contributed by atoms with Crippen LogP contribution in [0, 0.1) is 17.3 Å². The van der Waals surface area contributed by atoms with Crippen molar-refractivity contribution in [2.75, 3.05) is 6.61 Å². The molecule has 0 saturated heterocycles. The summed E-state index contributed by atoms with van der Waals surface area (Å²) >= 11 is 1.58. The van der Waals surface area contributed by atoms with E-state index in [9.17, 15) is 4.79 Å². The first-order valence-corrected chi connectivity index (χ1v) is 9.68. The topological polar surface area (TPSA) is 65.2 Å². The summed E-state index contributed by atoms with van der Waals surface area (Å²) in [6.45, 7) is 5.06. The molecule has 2 heterocycles. The van der Waals surface area contributed by atoms with Crippen LogP contribution in [0.15, 0.2) is 32.9 Å². The Labute approximate surface area is 151 Å². The SMILES string of the molecule is CC1(C)[C@H]2CC=C(COC(=O)CCc3nnc(-c4ccsc4)o3)[C@@H]1C2. The predicted molar refractivity (Wildman–Crippen MR) is 95.0 cm³/mol. The van der Waals surface area contributed by atoms with Crippen LogP contribution in [0.5, 0.6) is 0 Å². The molecular formula is C19H22N2O3S. The molecule has 0 aliphatic heterocycles. The second-order valence-electron chi connectivity index (χ2n) is 7.49. The lowest BCUT2D eigenvalue weighted by Crippen LogP contribution is -2.48. The van der Waals surface area contributed by atoms with Crippen molar-refractivity contribution in [3.8, 4) is 11.5 Å². The summed E-state index contributed by atoms with van der Waals surface area (Å²) in [7, 11) is 0. The Morgan fingerprint density at radius 2 is 2.32 bits per heavy atom. The first kappa shape index (κ1) is 16.5. The van der Waals surface area contributed by atoms with Gasteiger partial charge in [-0.3, -0.25) is 4.79 Å². The molecule has 1 saturated carbocycles. The van der Waals surface area contributed by atoms with E-state index in [0.29, 0.717) is 36.1 Å². The first-order chi connectivity index (χ1) is 12.0. The first-order valence-electron chi connectivity index (χ1n) is 8.73. The number of esters is 1. The fourth-order valence-corrected chi connectivity index (χ4v) is 4.57. The lowest BCUT2D eigenvalue weighted by molar-refractivity contribution is -0.143. The number of aromatic nitrogens is 2. The summed E-state index contributed by atoms with van der Waals surface area (Å²) in [6.07, 6.45) is 5.29. The highest BCUT2D eigenvalue weighted by Gasteiger charge is 2.51. The van der Waals surface area contributed by atoms with E-state index in [4.69, 9.17) is 9.15 Å². The van der Waals surface area contributed by atoms with Crippen LogP contribution in [0.25, 0.3) is 11.5 Å². The molecule has 0 unspecified atom stereocenters. The smallest absolute Gasteiger partial charge is 0.306 e. The third-order valence-electron chi connectivity index (χ3n) is 5.76. The molecule has 3 aliphatic carbocycles. The zero-order chi connectivity index (χ0) is 17.4. The van der Waals surface area contributed by atoms with Gasteiger partial charge in [-0.2, -0.15) is 11.3 Å². The Morgan fingerprint density at radius 1 is 1.44 bits per heavy atom. The minimum atomic E-state index is -0.213. The number of ether oxygens (including phenoxy) is 1. The summed E-state index contributed by atoms with van der Waals surface area (Å²) in [6, 6.07) is 1.93. The number of rotatable bonds is 6. The van der Waals surface area contributed by atoms with Gasteiger partial charge < -0.3 is 9.15 Å². The van der Waals surface area contributed by atoms with E-state index in [1.165, 1.54) is 12.0 Å². The molecule has 2 atom stereocenters. The maximum atomic E-state index is 12.0. The fourth-order valence-electron chi connectivity index (χ4n) is 3.94. The van der Waals surface area contributed by atoms with Crippen molar-refractivity contribution >= 4 is 17.3 Å². The Balaban J connectivity index is 1.25.